The Morgan fingerprint density at radius 3 is 2.85 bits per heavy atom. The summed E-state index contributed by atoms with van der Waals surface area (Å²) < 4.78 is 1.17. The van der Waals surface area contributed by atoms with Gasteiger partial charge in [-0.25, -0.2) is 4.98 Å². The number of thiazole rings is 1. The highest BCUT2D eigenvalue weighted by Crippen LogP contribution is 2.34. The number of nitrogens with two attached hydrogens (primary N) is 1. The molecule has 2 aromatic rings. The average Bonchev–Trinajstić information content (AvgIpc) is 2.96. The zero-order valence-corrected chi connectivity index (χ0v) is 13.0. The van der Waals surface area contributed by atoms with Gasteiger partial charge in [-0.15, -0.1) is 11.3 Å². The van der Waals surface area contributed by atoms with Crippen LogP contribution in [0.1, 0.15) is 19.8 Å². The van der Waals surface area contributed by atoms with Gasteiger partial charge >= 0.3 is 0 Å². The van der Waals surface area contributed by atoms with Crippen LogP contribution >= 0.6 is 11.3 Å². The maximum absolute atomic E-state index is 6.32. The molecule has 2 heterocycles. The van der Waals surface area contributed by atoms with E-state index in [1.165, 1.54) is 30.6 Å². The molecule has 1 aliphatic rings. The minimum atomic E-state index is 0.580. The highest BCUT2D eigenvalue weighted by Gasteiger charge is 2.23. The van der Waals surface area contributed by atoms with Crippen LogP contribution in [0.5, 0.6) is 0 Å². The van der Waals surface area contributed by atoms with E-state index in [1.54, 1.807) is 11.3 Å². The van der Waals surface area contributed by atoms with Crippen molar-refractivity contribution in [1.29, 1.82) is 0 Å². The van der Waals surface area contributed by atoms with Gasteiger partial charge < -0.3 is 15.5 Å². The molecule has 1 aromatic heterocycles. The molecule has 0 saturated carbocycles. The first-order chi connectivity index (χ1) is 9.70. The van der Waals surface area contributed by atoms with Crippen LogP contribution < -0.4 is 10.6 Å². The van der Waals surface area contributed by atoms with Crippen LogP contribution in [-0.2, 0) is 0 Å². The fraction of sp³-hybridized carbons (Fsp3) is 0.533. The van der Waals surface area contributed by atoms with E-state index < -0.39 is 0 Å². The van der Waals surface area contributed by atoms with E-state index in [4.69, 9.17) is 5.73 Å². The predicted octanol–water partition coefficient (Wildman–Crippen LogP) is 2.80. The molecule has 2 N–H and O–H groups in total. The van der Waals surface area contributed by atoms with Gasteiger partial charge in [-0.2, -0.15) is 0 Å². The van der Waals surface area contributed by atoms with Gasteiger partial charge in [0.2, 0.25) is 0 Å². The van der Waals surface area contributed by atoms with E-state index in [0.717, 1.165) is 23.4 Å². The molecule has 0 aliphatic carbocycles. The van der Waals surface area contributed by atoms with Crippen molar-refractivity contribution in [2.45, 2.75) is 25.8 Å². The van der Waals surface area contributed by atoms with E-state index in [1.807, 2.05) is 5.51 Å². The topological polar surface area (TPSA) is 45.4 Å². The number of hydrogen-bond donors (Lipinski definition) is 1. The quantitative estimate of drug-likeness (QED) is 0.883. The molecule has 0 atom stereocenters. The Bertz CT molecular complexity index is 587. The van der Waals surface area contributed by atoms with Gasteiger partial charge in [-0.05, 0) is 31.5 Å². The number of nitrogen functional groups attached to an aromatic ring is 1. The summed E-state index contributed by atoms with van der Waals surface area (Å²) in [7, 11) is 2.16. The molecule has 108 valence electrons. The Morgan fingerprint density at radius 1 is 1.40 bits per heavy atom. The first-order valence-corrected chi connectivity index (χ1v) is 8.15. The Morgan fingerprint density at radius 2 is 2.15 bits per heavy atom. The monoisotopic (exact) mass is 290 g/mol. The summed E-state index contributed by atoms with van der Waals surface area (Å²) in [5.74, 6) is 0. The number of fused-ring (bicyclic) bond motifs is 1. The lowest BCUT2D eigenvalue weighted by Gasteiger charge is -2.37. The summed E-state index contributed by atoms with van der Waals surface area (Å²) in [6, 6.07) is 4.86. The van der Waals surface area contributed by atoms with Gasteiger partial charge in [0.05, 0.1) is 21.6 Å². The van der Waals surface area contributed by atoms with Crippen molar-refractivity contribution in [3.63, 3.8) is 0 Å². The number of anilines is 2. The van der Waals surface area contributed by atoms with Crippen molar-refractivity contribution in [1.82, 2.24) is 9.88 Å². The van der Waals surface area contributed by atoms with Crippen LogP contribution in [-0.4, -0.2) is 42.6 Å². The second kappa shape index (κ2) is 5.58. The highest BCUT2D eigenvalue weighted by atomic mass is 32.1. The second-order valence-corrected chi connectivity index (χ2v) is 6.36. The van der Waals surface area contributed by atoms with Crippen LogP contribution in [0, 0.1) is 0 Å². The first kappa shape index (κ1) is 13.6. The third-order valence-corrected chi connectivity index (χ3v) is 5.24. The van der Waals surface area contributed by atoms with Crippen LogP contribution in [0.2, 0.25) is 0 Å². The van der Waals surface area contributed by atoms with Gasteiger partial charge in [0.25, 0.3) is 0 Å². The molecule has 20 heavy (non-hydrogen) atoms. The number of rotatable bonds is 3. The Kier molecular flexibility index (Phi) is 3.81. The molecule has 0 spiro atoms. The zero-order valence-electron chi connectivity index (χ0n) is 12.2. The average molecular weight is 290 g/mol. The van der Waals surface area contributed by atoms with Gasteiger partial charge in [-0.3, -0.25) is 0 Å². The molecule has 1 fully saturated rings. The standard InChI is InChI=1S/C15H22N4S/c1-3-19-8-6-11(7-9-19)18(2)12-4-5-13-15(14(12)16)17-10-20-13/h4-5,10-11H,3,6-9,16H2,1-2H3. The molecule has 5 heteroatoms. The van der Waals surface area contributed by atoms with Crippen molar-refractivity contribution in [3.8, 4) is 0 Å². The Labute approximate surface area is 124 Å². The Hall–Kier alpha value is -1.33. The van der Waals surface area contributed by atoms with Gasteiger partial charge in [0.15, 0.2) is 0 Å². The van der Waals surface area contributed by atoms with Crippen LogP contribution in [0.4, 0.5) is 11.4 Å². The largest absolute Gasteiger partial charge is 0.395 e. The molecular formula is C15H22N4S. The fourth-order valence-corrected chi connectivity index (χ4v) is 3.76. The molecule has 1 saturated heterocycles. The SMILES string of the molecule is CCN1CCC(N(C)c2ccc3scnc3c2N)CC1. The number of benzene rings is 1. The van der Waals surface area contributed by atoms with Crippen LogP contribution in [0.15, 0.2) is 17.6 Å². The number of nitrogens with zero attached hydrogens (tertiary/aromatic N) is 3. The lowest BCUT2D eigenvalue weighted by molar-refractivity contribution is 0.221. The Balaban J connectivity index is 1.82. The summed E-state index contributed by atoms with van der Waals surface area (Å²) in [5, 5.41) is 0. The van der Waals surface area contributed by atoms with Crippen LogP contribution in [0.3, 0.4) is 0 Å². The number of piperidine rings is 1. The van der Waals surface area contributed by atoms with E-state index in [2.05, 4.69) is 40.9 Å². The van der Waals surface area contributed by atoms with Crippen molar-refractivity contribution < 1.29 is 0 Å². The molecule has 1 aliphatic heterocycles. The number of hydrogen-bond acceptors (Lipinski definition) is 5. The molecule has 0 unspecified atom stereocenters. The fourth-order valence-electron chi connectivity index (χ4n) is 3.07. The third-order valence-electron chi connectivity index (χ3n) is 4.45. The molecule has 0 radical (unpaired) electrons. The van der Waals surface area contributed by atoms with Crippen molar-refractivity contribution in [2.75, 3.05) is 37.3 Å². The summed E-state index contributed by atoms with van der Waals surface area (Å²) in [6.45, 7) is 5.76. The lowest BCUT2D eigenvalue weighted by Crippen LogP contribution is -2.43. The lowest BCUT2D eigenvalue weighted by atomic mass is 10.0. The number of aromatic nitrogens is 1. The minimum Gasteiger partial charge on any atom is -0.395 e. The normalized spacial score (nSPS) is 17.7. The molecule has 1 aromatic carbocycles. The van der Waals surface area contributed by atoms with E-state index >= 15 is 0 Å². The molecule has 4 nitrogen and oxygen atoms in total. The maximum Gasteiger partial charge on any atom is 0.106 e. The molecular weight excluding hydrogens is 268 g/mol. The van der Waals surface area contributed by atoms with Crippen LogP contribution in [0.25, 0.3) is 10.2 Å². The third kappa shape index (κ3) is 2.36. The van der Waals surface area contributed by atoms with Crippen molar-refractivity contribution in [3.05, 3.63) is 17.6 Å². The highest BCUT2D eigenvalue weighted by molar-refractivity contribution is 7.16. The summed E-state index contributed by atoms with van der Waals surface area (Å²) >= 11 is 1.64. The second-order valence-electron chi connectivity index (χ2n) is 5.47. The maximum atomic E-state index is 6.32. The molecule has 0 amide bonds. The van der Waals surface area contributed by atoms with E-state index in [-0.39, 0.29) is 0 Å². The molecule has 0 bridgehead atoms. The summed E-state index contributed by atoms with van der Waals surface area (Å²) in [5.41, 5.74) is 11.1. The smallest absolute Gasteiger partial charge is 0.106 e. The first-order valence-electron chi connectivity index (χ1n) is 7.27. The molecule has 3 rings (SSSR count). The van der Waals surface area contributed by atoms with Gasteiger partial charge in [0.1, 0.15) is 5.52 Å². The van der Waals surface area contributed by atoms with Crippen molar-refractivity contribution >= 4 is 32.9 Å². The zero-order chi connectivity index (χ0) is 14.1. The van der Waals surface area contributed by atoms with E-state index in [9.17, 15) is 0 Å². The number of likely N-dealkylation sites (tertiary alicyclic amines) is 1. The summed E-state index contributed by atoms with van der Waals surface area (Å²) in [6.07, 6.45) is 2.41. The minimum absolute atomic E-state index is 0.580. The van der Waals surface area contributed by atoms with Crippen molar-refractivity contribution in [2.24, 2.45) is 0 Å². The predicted molar refractivity (Wildman–Crippen MR) is 87.6 cm³/mol. The van der Waals surface area contributed by atoms with Gasteiger partial charge in [0, 0.05) is 26.2 Å². The van der Waals surface area contributed by atoms with Gasteiger partial charge in [-0.1, -0.05) is 6.92 Å². The van der Waals surface area contributed by atoms with E-state index in [0.29, 0.717) is 6.04 Å². The summed E-state index contributed by atoms with van der Waals surface area (Å²) in [4.78, 5) is 9.25.